The Bertz CT molecular complexity index is 167. The Labute approximate surface area is 58.1 Å². The van der Waals surface area contributed by atoms with E-state index < -0.39 is 12.4 Å². The van der Waals surface area contributed by atoms with Crippen molar-refractivity contribution in [2.24, 2.45) is 0 Å². The molecule has 0 atom stereocenters. The van der Waals surface area contributed by atoms with Crippen LogP contribution in [0.5, 0.6) is 0 Å². The minimum Gasteiger partial charge on any atom is -0.486 e. The quantitative estimate of drug-likeness (QED) is 0.452. The number of carboxylic acids is 1. The zero-order valence-electron chi connectivity index (χ0n) is 5.59. The van der Waals surface area contributed by atoms with Gasteiger partial charge in [0.2, 0.25) is 0 Å². The monoisotopic (exact) mass is 144 g/mol. The molecule has 4 heteroatoms. The molecule has 0 bridgehead atoms. The lowest BCUT2D eigenvalue weighted by Crippen LogP contribution is -2.01. The third-order valence-corrected chi connectivity index (χ3v) is 0.744. The largest absolute Gasteiger partial charge is 0.486 e. The summed E-state index contributed by atoms with van der Waals surface area (Å²) < 4.78 is 4.61. The van der Waals surface area contributed by atoms with E-state index in [0.717, 1.165) is 0 Å². The van der Waals surface area contributed by atoms with Gasteiger partial charge in [0.25, 0.3) is 0 Å². The summed E-state index contributed by atoms with van der Waals surface area (Å²) >= 11 is 0. The van der Waals surface area contributed by atoms with Crippen molar-refractivity contribution in [1.29, 1.82) is 0 Å². The molecule has 0 aliphatic rings. The van der Waals surface area contributed by atoms with Crippen LogP contribution in [0.2, 0.25) is 0 Å². The normalized spacial score (nSPS) is 8.10. The summed E-state index contributed by atoms with van der Waals surface area (Å²) in [7, 11) is 0. The number of hydrogen-bond acceptors (Lipinski definition) is 3. The van der Waals surface area contributed by atoms with Crippen molar-refractivity contribution in [3.63, 3.8) is 0 Å². The molecule has 0 rings (SSSR count). The van der Waals surface area contributed by atoms with Crippen LogP contribution in [0.25, 0.3) is 0 Å². The Morgan fingerprint density at radius 3 is 2.60 bits per heavy atom. The summed E-state index contributed by atoms with van der Waals surface area (Å²) in [6.07, 6.45) is -0.392. The molecule has 56 valence electrons. The summed E-state index contributed by atoms with van der Waals surface area (Å²) in [4.78, 5) is 19.8. The summed E-state index contributed by atoms with van der Waals surface area (Å²) in [6.45, 7) is 1.96. The average Bonchev–Trinajstić information content (AvgIpc) is 1.86. The highest BCUT2D eigenvalue weighted by atomic mass is 16.5. The van der Waals surface area contributed by atoms with Crippen molar-refractivity contribution < 1.29 is 19.4 Å². The van der Waals surface area contributed by atoms with Crippen molar-refractivity contribution in [2.75, 3.05) is 6.61 Å². The number of rotatable bonds is 4. The molecular weight excluding hydrogens is 136 g/mol. The number of carboxylic acid groups (broad SMARTS) is 1. The van der Waals surface area contributed by atoms with E-state index in [1.165, 1.54) is 5.94 Å². The van der Waals surface area contributed by atoms with Crippen LogP contribution < -0.4 is 0 Å². The minimum absolute atomic E-state index is 0.157. The molecule has 0 aromatic carbocycles. The minimum atomic E-state index is -1.09. The van der Waals surface area contributed by atoms with Gasteiger partial charge in [-0.25, -0.2) is 4.79 Å². The SMILES string of the molecule is CCOC(=C=O)CC(=O)O. The number of carbonyl (C=O) groups excluding carboxylic acids is 1. The van der Waals surface area contributed by atoms with E-state index in [9.17, 15) is 9.59 Å². The molecule has 0 fully saturated rings. The van der Waals surface area contributed by atoms with Crippen LogP contribution in [-0.2, 0) is 14.3 Å². The molecule has 0 unspecified atom stereocenters. The third-order valence-electron chi connectivity index (χ3n) is 0.744. The Morgan fingerprint density at radius 2 is 2.30 bits per heavy atom. The van der Waals surface area contributed by atoms with Crippen LogP contribution in [0, 0.1) is 0 Å². The number of aliphatic carboxylic acids is 1. The van der Waals surface area contributed by atoms with Crippen LogP contribution >= 0.6 is 0 Å². The van der Waals surface area contributed by atoms with Gasteiger partial charge in [-0.2, -0.15) is 0 Å². The van der Waals surface area contributed by atoms with Gasteiger partial charge in [0.1, 0.15) is 6.42 Å². The fraction of sp³-hybridized carbons (Fsp3) is 0.500. The lowest BCUT2D eigenvalue weighted by molar-refractivity contribution is -0.136. The number of hydrogen-bond donors (Lipinski definition) is 1. The van der Waals surface area contributed by atoms with Gasteiger partial charge >= 0.3 is 5.97 Å². The maximum absolute atomic E-state index is 9.96. The van der Waals surface area contributed by atoms with Gasteiger partial charge in [-0.1, -0.05) is 0 Å². The second-order valence-electron chi connectivity index (χ2n) is 1.53. The van der Waals surface area contributed by atoms with Gasteiger partial charge in [-0.15, -0.1) is 0 Å². The molecule has 0 spiro atoms. The van der Waals surface area contributed by atoms with Crippen molar-refractivity contribution in [3.05, 3.63) is 5.76 Å². The molecule has 1 N–H and O–H groups in total. The molecule has 0 aromatic heterocycles. The first-order valence-corrected chi connectivity index (χ1v) is 2.79. The van der Waals surface area contributed by atoms with Crippen LogP contribution in [0.15, 0.2) is 5.76 Å². The van der Waals surface area contributed by atoms with Crippen molar-refractivity contribution in [2.45, 2.75) is 13.3 Å². The van der Waals surface area contributed by atoms with Crippen LogP contribution in [0.4, 0.5) is 0 Å². The van der Waals surface area contributed by atoms with E-state index in [1.54, 1.807) is 6.92 Å². The molecule has 0 radical (unpaired) electrons. The molecule has 0 aliphatic carbocycles. The summed E-state index contributed by atoms with van der Waals surface area (Å²) in [6, 6.07) is 0. The van der Waals surface area contributed by atoms with Crippen molar-refractivity contribution >= 4 is 11.9 Å². The molecule has 0 saturated heterocycles. The van der Waals surface area contributed by atoms with E-state index in [2.05, 4.69) is 4.74 Å². The number of carbonyl (C=O) groups is 1. The topological polar surface area (TPSA) is 63.6 Å². The smallest absolute Gasteiger partial charge is 0.311 e. The number of ether oxygens (including phenoxy) is 1. The maximum atomic E-state index is 9.96. The standard InChI is InChI=1S/C6H8O4/c1-2-10-5(4-7)3-6(8)9/h2-3H2,1H3,(H,8,9). The van der Waals surface area contributed by atoms with Crippen molar-refractivity contribution in [3.8, 4) is 0 Å². The van der Waals surface area contributed by atoms with Gasteiger partial charge in [0.15, 0.2) is 11.7 Å². The average molecular weight is 144 g/mol. The Kier molecular flexibility index (Phi) is 4.00. The predicted octanol–water partition coefficient (Wildman–Crippen LogP) is 0.213. The molecule has 0 aliphatic heterocycles. The van der Waals surface area contributed by atoms with Gasteiger partial charge in [-0.3, -0.25) is 4.79 Å². The highest BCUT2D eigenvalue weighted by Crippen LogP contribution is 1.97. The first-order chi connectivity index (χ1) is 4.70. The zero-order chi connectivity index (χ0) is 7.98. The van der Waals surface area contributed by atoms with Gasteiger partial charge < -0.3 is 9.84 Å². The van der Waals surface area contributed by atoms with Gasteiger partial charge in [0, 0.05) is 0 Å². The second kappa shape index (κ2) is 4.58. The maximum Gasteiger partial charge on any atom is 0.311 e. The Hall–Kier alpha value is -1.28. The lowest BCUT2D eigenvalue weighted by Gasteiger charge is -1.98. The van der Waals surface area contributed by atoms with E-state index in [4.69, 9.17) is 5.11 Å². The second-order valence-corrected chi connectivity index (χ2v) is 1.53. The fourth-order valence-electron chi connectivity index (χ4n) is 0.428. The van der Waals surface area contributed by atoms with Gasteiger partial charge in [-0.05, 0) is 6.92 Å². The first-order valence-electron chi connectivity index (χ1n) is 2.79. The summed E-state index contributed by atoms with van der Waals surface area (Å²) in [5.41, 5.74) is 0. The fourth-order valence-corrected chi connectivity index (χ4v) is 0.428. The molecule has 0 amide bonds. The summed E-state index contributed by atoms with van der Waals surface area (Å²) in [5, 5.41) is 8.16. The molecule has 4 nitrogen and oxygen atoms in total. The highest BCUT2D eigenvalue weighted by Gasteiger charge is 2.04. The van der Waals surface area contributed by atoms with E-state index in [-0.39, 0.29) is 12.4 Å². The highest BCUT2D eigenvalue weighted by molar-refractivity contribution is 5.72. The van der Waals surface area contributed by atoms with Crippen LogP contribution in [0.1, 0.15) is 13.3 Å². The van der Waals surface area contributed by atoms with Crippen LogP contribution in [0.3, 0.4) is 0 Å². The Balaban J connectivity index is 3.86. The van der Waals surface area contributed by atoms with E-state index in [1.807, 2.05) is 0 Å². The molecular formula is C6H8O4. The van der Waals surface area contributed by atoms with E-state index in [0.29, 0.717) is 0 Å². The molecule has 0 saturated carbocycles. The lowest BCUT2D eigenvalue weighted by atomic mass is 10.4. The molecule has 0 aromatic rings. The molecule has 10 heavy (non-hydrogen) atoms. The first kappa shape index (κ1) is 8.72. The predicted molar refractivity (Wildman–Crippen MR) is 33.1 cm³/mol. The molecule has 0 heterocycles. The summed E-state index contributed by atoms with van der Waals surface area (Å²) in [5.74, 6) is 0.150. The van der Waals surface area contributed by atoms with Gasteiger partial charge in [0.05, 0.1) is 6.61 Å². The third kappa shape index (κ3) is 3.69. The Morgan fingerprint density at radius 1 is 1.70 bits per heavy atom. The zero-order valence-corrected chi connectivity index (χ0v) is 5.59. The van der Waals surface area contributed by atoms with E-state index >= 15 is 0 Å². The van der Waals surface area contributed by atoms with Crippen LogP contribution in [-0.4, -0.2) is 23.6 Å². The van der Waals surface area contributed by atoms with Crippen molar-refractivity contribution in [1.82, 2.24) is 0 Å².